The van der Waals surface area contributed by atoms with Crippen molar-refractivity contribution in [2.24, 2.45) is 0 Å². The van der Waals surface area contributed by atoms with Crippen LogP contribution in [0.25, 0.3) is 4.96 Å². The Morgan fingerprint density at radius 1 is 1.65 bits per heavy atom. The first-order chi connectivity index (χ1) is 8.19. The van der Waals surface area contributed by atoms with Crippen molar-refractivity contribution in [1.82, 2.24) is 14.7 Å². The molecule has 90 valence electrons. The van der Waals surface area contributed by atoms with Crippen LogP contribution in [0, 0.1) is 6.92 Å². The summed E-state index contributed by atoms with van der Waals surface area (Å²) in [6.45, 7) is 4.79. The van der Waals surface area contributed by atoms with E-state index in [9.17, 15) is 4.79 Å². The SMILES string of the molecule is CCC1CC(=O)NCc2nc3sc(C)cn3c21. The zero-order valence-corrected chi connectivity index (χ0v) is 10.8. The highest BCUT2D eigenvalue weighted by Gasteiger charge is 2.26. The summed E-state index contributed by atoms with van der Waals surface area (Å²) >= 11 is 1.70. The number of aromatic nitrogens is 2. The summed E-state index contributed by atoms with van der Waals surface area (Å²) in [6, 6.07) is 0. The number of rotatable bonds is 1. The third-order valence-electron chi connectivity index (χ3n) is 3.32. The van der Waals surface area contributed by atoms with E-state index in [2.05, 4.69) is 34.7 Å². The van der Waals surface area contributed by atoms with Crippen LogP contribution in [0.15, 0.2) is 6.20 Å². The first-order valence-corrected chi connectivity index (χ1v) is 6.74. The van der Waals surface area contributed by atoms with Crippen molar-refractivity contribution in [2.45, 2.75) is 39.2 Å². The number of thiazole rings is 1. The molecule has 3 heterocycles. The van der Waals surface area contributed by atoms with E-state index >= 15 is 0 Å². The largest absolute Gasteiger partial charge is 0.350 e. The number of amides is 1. The molecule has 1 aliphatic heterocycles. The lowest BCUT2D eigenvalue weighted by Crippen LogP contribution is -2.21. The summed E-state index contributed by atoms with van der Waals surface area (Å²) in [5, 5.41) is 2.92. The van der Waals surface area contributed by atoms with Crippen LogP contribution < -0.4 is 5.32 Å². The van der Waals surface area contributed by atoms with Gasteiger partial charge in [-0.15, -0.1) is 11.3 Å². The molecule has 0 radical (unpaired) electrons. The fourth-order valence-corrected chi connectivity index (χ4v) is 3.34. The van der Waals surface area contributed by atoms with Gasteiger partial charge in [0, 0.05) is 23.4 Å². The predicted molar refractivity (Wildman–Crippen MR) is 67.3 cm³/mol. The summed E-state index contributed by atoms with van der Waals surface area (Å²) in [6.07, 6.45) is 3.68. The summed E-state index contributed by atoms with van der Waals surface area (Å²) in [5.74, 6) is 0.423. The molecule has 1 aliphatic rings. The Morgan fingerprint density at radius 3 is 3.24 bits per heavy atom. The topological polar surface area (TPSA) is 46.4 Å². The predicted octanol–water partition coefficient (Wildman–Crippen LogP) is 2.22. The molecular formula is C12H15N3OS. The normalized spacial score (nSPS) is 20.1. The van der Waals surface area contributed by atoms with Gasteiger partial charge < -0.3 is 5.32 Å². The minimum absolute atomic E-state index is 0.135. The second-order valence-electron chi connectivity index (χ2n) is 4.52. The van der Waals surface area contributed by atoms with Gasteiger partial charge in [-0.05, 0) is 13.3 Å². The van der Waals surface area contributed by atoms with Gasteiger partial charge in [0.25, 0.3) is 0 Å². The molecule has 4 nitrogen and oxygen atoms in total. The van der Waals surface area contributed by atoms with Gasteiger partial charge in [0.15, 0.2) is 4.96 Å². The van der Waals surface area contributed by atoms with Gasteiger partial charge in [-0.1, -0.05) is 6.92 Å². The molecule has 1 N–H and O–H groups in total. The van der Waals surface area contributed by atoms with Crippen LogP contribution in [0.1, 0.15) is 41.9 Å². The van der Waals surface area contributed by atoms with E-state index in [1.165, 1.54) is 10.6 Å². The molecule has 3 rings (SSSR count). The van der Waals surface area contributed by atoms with Gasteiger partial charge in [-0.2, -0.15) is 0 Å². The molecule has 0 saturated carbocycles. The van der Waals surface area contributed by atoms with E-state index in [0.29, 0.717) is 13.0 Å². The van der Waals surface area contributed by atoms with Crippen LogP contribution >= 0.6 is 11.3 Å². The zero-order valence-electron chi connectivity index (χ0n) is 9.99. The Morgan fingerprint density at radius 2 is 2.47 bits per heavy atom. The number of carbonyl (C=O) groups excluding carboxylic acids is 1. The third-order valence-corrected chi connectivity index (χ3v) is 4.22. The fraction of sp³-hybridized carbons (Fsp3) is 0.500. The van der Waals surface area contributed by atoms with Crippen molar-refractivity contribution in [1.29, 1.82) is 0 Å². The summed E-state index contributed by atoms with van der Waals surface area (Å²) in [4.78, 5) is 18.5. The second-order valence-corrected chi connectivity index (χ2v) is 5.74. The maximum atomic E-state index is 11.6. The molecule has 0 spiro atoms. The third kappa shape index (κ3) is 1.65. The molecule has 0 saturated heterocycles. The fourth-order valence-electron chi connectivity index (χ4n) is 2.49. The van der Waals surface area contributed by atoms with Crippen molar-refractivity contribution >= 4 is 22.2 Å². The molecule has 0 aliphatic carbocycles. The Balaban J connectivity index is 2.20. The number of hydrogen-bond donors (Lipinski definition) is 1. The number of hydrogen-bond acceptors (Lipinski definition) is 3. The molecule has 1 unspecified atom stereocenters. The summed E-state index contributed by atoms with van der Waals surface area (Å²) in [7, 11) is 0. The van der Waals surface area contributed by atoms with Gasteiger partial charge in [-0.25, -0.2) is 4.98 Å². The van der Waals surface area contributed by atoms with E-state index in [0.717, 1.165) is 17.1 Å². The smallest absolute Gasteiger partial charge is 0.220 e. The van der Waals surface area contributed by atoms with Crippen LogP contribution in [0.3, 0.4) is 0 Å². The minimum atomic E-state index is 0.135. The Labute approximate surface area is 104 Å². The van der Waals surface area contributed by atoms with Crippen LogP contribution in [0.2, 0.25) is 0 Å². The molecular weight excluding hydrogens is 234 g/mol. The van der Waals surface area contributed by atoms with Gasteiger partial charge in [0.05, 0.1) is 17.9 Å². The molecule has 1 amide bonds. The van der Waals surface area contributed by atoms with E-state index in [4.69, 9.17) is 0 Å². The summed E-state index contributed by atoms with van der Waals surface area (Å²) in [5.41, 5.74) is 2.26. The Bertz CT molecular complexity index is 584. The Hall–Kier alpha value is -1.36. The zero-order chi connectivity index (χ0) is 12.0. The van der Waals surface area contributed by atoms with E-state index in [-0.39, 0.29) is 11.8 Å². The van der Waals surface area contributed by atoms with Gasteiger partial charge in [0.2, 0.25) is 5.91 Å². The van der Waals surface area contributed by atoms with E-state index in [1.807, 2.05) is 0 Å². The van der Waals surface area contributed by atoms with Gasteiger partial charge in [0.1, 0.15) is 0 Å². The lowest BCUT2D eigenvalue weighted by atomic mass is 9.97. The molecule has 1 atom stereocenters. The monoisotopic (exact) mass is 249 g/mol. The van der Waals surface area contributed by atoms with Gasteiger partial charge in [-0.3, -0.25) is 9.20 Å². The molecule has 0 aromatic carbocycles. The highest BCUT2D eigenvalue weighted by atomic mass is 32.1. The molecule has 0 fully saturated rings. The average molecular weight is 249 g/mol. The molecule has 5 heteroatoms. The second kappa shape index (κ2) is 3.84. The highest BCUT2D eigenvalue weighted by Crippen LogP contribution is 2.32. The van der Waals surface area contributed by atoms with Crippen molar-refractivity contribution in [3.05, 3.63) is 22.5 Å². The van der Waals surface area contributed by atoms with Crippen molar-refractivity contribution in [3.63, 3.8) is 0 Å². The number of carbonyl (C=O) groups is 1. The number of nitrogens with zero attached hydrogens (tertiary/aromatic N) is 2. The first kappa shape index (κ1) is 10.8. The summed E-state index contributed by atoms with van der Waals surface area (Å²) < 4.78 is 2.17. The van der Waals surface area contributed by atoms with E-state index < -0.39 is 0 Å². The van der Waals surface area contributed by atoms with Crippen molar-refractivity contribution in [2.75, 3.05) is 0 Å². The standard InChI is InChI=1S/C12H15N3OS/c1-3-8-4-10(16)13-5-9-11(8)15-6-7(2)17-12(15)14-9/h6,8H,3-5H2,1-2H3,(H,13,16). The number of aryl methyl sites for hydroxylation is 1. The van der Waals surface area contributed by atoms with Gasteiger partial charge >= 0.3 is 0 Å². The maximum Gasteiger partial charge on any atom is 0.220 e. The number of fused-ring (bicyclic) bond motifs is 3. The number of nitrogens with one attached hydrogen (secondary N) is 1. The maximum absolute atomic E-state index is 11.6. The minimum Gasteiger partial charge on any atom is -0.350 e. The van der Waals surface area contributed by atoms with Crippen LogP contribution in [0.5, 0.6) is 0 Å². The lowest BCUT2D eigenvalue weighted by molar-refractivity contribution is -0.121. The van der Waals surface area contributed by atoms with Crippen molar-refractivity contribution < 1.29 is 4.79 Å². The molecule has 17 heavy (non-hydrogen) atoms. The molecule has 2 aromatic heterocycles. The molecule has 0 bridgehead atoms. The highest BCUT2D eigenvalue weighted by molar-refractivity contribution is 7.17. The molecule has 2 aromatic rings. The van der Waals surface area contributed by atoms with Crippen molar-refractivity contribution in [3.8, 4) is 0 Å². The van der Waals surface area contributed by atoms with E-state index in [1.54, 1.807) is 11.3 Å². The quantitative estimate of drug-likeness (QED) is 0.842. The average Bonchev–Trinajstić information content (AvgIpc) is 2.73. The lowest BCUT2D eigenvalue weighted by Gasteiger charge is -2.11. The van der Waals surface area contributed by atoms with Crippen LogP contribution in [-0.4, -0.2) is 15.3 Å². The van der Waals surface area contributed by atoms with Crippen LogP contribution in [-0.2, 0) is 11.3 Å². The first-order valence-electron chi connectivity index (χ1n) is 5.93. The van der Waals surface area contributed by atoms with Crippen LogP contribution in [0.4, 0.5) is 0 Å². The number of imidazole rings is 1. The Kier molecular flexibility index (Phi) is 2.43.